The zero-order chi connectivity index (χ0) is 9.42. The van der Waals surface area contributed by atoms with Gasteiger partial charge in [-0.2, -0.15) is 10.1 Å². The summed E-state index contributed by atoms with van der Waals surface area (Å²) in [4.78, 5) is 3.95. The Labute approximate surface area is 79.7 Å². The van der Waals surface area contributed by atoms with Crippen LogP contribution < -0.4 is 0 Å². The van der Waals surface area contributed by atoms with Gasteiger partial charge in [0.05, 0.1) is 5.69 Å². The highest BCUT2D eigenvalue weighted by Gasteiger charge is 2.07. The fourth-order valence-corrected chi connectivity index (χ4v) is 1.28. The van der Waals surface area contributed by atoms with Crippen LogP contribution in [0.5, 0.6) is 0 Å². The molecule has 6 heteroatoms. The molecule has 0 aliphatic heterocycles. The molecule has 0 fully saturated rings. The fraction of sp³-hybridized carbons (Fsp3) is 0.286. The first-order valence-corrected chi connectivity index (χ1v) is 4.16. The topological polar surface area (TPSA) is 59.4 Å². The molecule has 2 heterocycles. The van der Waals surface area contributed by atoms with E-state index in [1.165, 1.54) is 0 Å². The van der Waals surface area contributed by atoms with Gasteiger partial charge in [-0.25, -0.2) is 9.78 Å². The summed E-state index contributed by atoms with van der Waals surface area (Å²) in [6, 6.07) is 1.95. The Morgan fingerprint density at radius 3 is 2.69 bits per heavy atom. The second-order valence-electron chi connectivity index (χ2n) is 2.77. The molecule has 0 aliphatic rings. The highest BCUT2D eigenvalue weighted by Crippen LogP contribution is 2.08. The quantitative estimate of drug-likeness (QED) is 0.749. The number of hydrogen-bond donors (Lipinski definition) is 1. The monoisotopic (exact) mass is 197 g/mol. The summed E-state index contributed by atoms with van der Waals surface area (Å²) < 4.78 is 1.64. The van der Waals surface area contributed by atoms with Crippen molar-refractivity contribution in [2.45, 2.75) is 13.8 Å². The van der Waals surface area contributed by atoms with Crippen LogP contribution in [-0.4, -0.2) is 25.0 Å². The van der Waals surface area contributed by atoms with E-state index in [-0.39, 0.29) is 5.28 Å². The number of nitrogens with one attached hydrogen (secondary N) is 1. The van der Waals surface area contributed by atoms with Gasteiger partial charge in [-0.1, -0.05) is 0 Å². The average Bonchev–Trinajstić information content (AvgIpc) is 2.58. The molecule has 2 rings (SSSR count). The van der Waals surface area contributed by atoms with Crippen LogP contribution in [0, 0.1) is 13.8 Å². The zero-order valence-corrected chi connectivity index (χ0v) is 8.00. The van der Waals surface area contributed by atoms with Gasteiger partial charge in [0, 0.05) is 5.69 Å². The van der Waals surface area contributed by atoms with Crippen molar-refractivity contribution in [2.24, 2.45) is 0 Å². The van der Waals surface area contributed by atoms with Gasteiger partial charge in [0.25, 0.3) is 5.95 Å². The van der Waals surface area contributed by atoms with Crippen molar-refractivity contribution in [1.82, 2.24) is 25.0 Å². The molecule has 5 nitrogen and oxygen atoms in total. The number of halogens is 1. The minimum atomic E-state index is 0.266. The maximum Gasteiger partial charge on any atom is 0.270 e. The van der Waals surface area contributed by atoms with Gasteiger partial charge in [-0.05, 0) is 31.5 Å². The summed E-state index contributed by atoms with van der Waals surface area (Å²) in [7, 11) is 0. The Balaban J connectivity index is 2.51. The van der Waals surface area contributed by atoms with E-state index in [1.54, 1.807) is 4.68 Å². The van der Waals surface area contributed by atoms with Gasteiger partial charge in [0.2, 0.25) is 5.28 Å². The van der Waals surface area contributed by atoms with Crippen LogP contribution in [0.15, 0.2) is 6.07 Å². The maximum atomic E-state index is 5.60. The lowest BCUT2D eigenvalue weighted by Gasteiger charge is -1.94. The first-order valence-electron chi connectivity index (χ1n) is 3.78. The minimum absolute atomic E-state index is 0.266. The average molecular weight is 198 g/mol. The third-order valence-electron chi connectivity index (χ3n) is 1.65. The molecule has 68 valence electrons. The predicted molar refractivity (Wildman–Crippen MR) is 48.0 cm³/mol. The first-order chi connectivity index (χ1) is 6.16. The number of aromatic nitrogens is 5. The van der Waals surface area contributed by atoms with Crippen LogP contribution in [0.3, 0.4) is 0 Å². The number of hydrogen-bond acceptors (Lipinski definition) is 3. The van der Waals surface area contributed by atoms with E-state index in [0.29, 0.717) is 5.95 Å². The van der Waals surface area contributed by atoms with Crippen LogP contribution in [0.2, 0.25) is 5.28 Å². The standard InChI is InChI=1S/C7H8ClN5/c1-4-3-5(2)13(12-4)7-9-6(8)10-11-7/h3H,1-2H3,(H,9,10,11). The molecule has 0 aromatic carbocycles. The zero-order valence-electron chi connectivity index (χ0n) is 7.24. The highest BCUT2D eigenvalue weighted by molar-refractivity contribution is 6.28. The van der Waals surface area contributed by atoms with Gasteiger partial charge in [0.1, 0.15) is 0 Å². The number of H-pyrrole nitrogens is 1. The Hall–Kier alpha value is -1.36. The molecule has 0 aliphatic carbocycles. The molecule has 13 heavy (non-hydrogen) atoms. The molecule has 1 N–H and O–H groups in total. The van der Waals surface area contributed by atoms with Crippen molar-refractivity contribution >= 4 is 11.6 Å². The van der Waals surface area contributed by atoms with Crippen LogP contribution in [0.1, 0.15) is 11.4 Å². The van der Waals surface area contributed by atoms with E-state index < -0.39 is 0 Å². The second kappa shape index (κ2) is 2.85. The Morgan fingerprint density at radius 1 is 1.46 bits per heavy atom. The Bertz CT molecular complexity index is 430. The number of aryl methyl sites for hydroxylation is 2. The number of nitrogens with zero attached hydrogens (tertiary/aromatic N) is 4. The van der Waals surface area contributed by atoms with Gasteiger partial charge in [0.15, 0.2) is 0 Å². The highest BCUT2D eigenvalue weighted by atomic mass is 35.5. The predicted octanol–water partition coefficient (Wildman–Crippen LogP) is 1.26. The third-order valence-corrected chi connectivity index (χ3v) is 1.81. The summed E-state index contributed by atoms with van der Waals surface area (Å²) in [6.45, 7) is 3.85. The smallest absolute Gasteiger partial charge is 0.248 e. The van der Waals surface area contributed by atoms with Crippen molar-refractivity contribution in [2.75, 3.05) is 0 Å². The van der Waals surface area contributed by atoms with Crippen LogP contribution in [0.25, 0.3) is 5.95 Å². The van der Waals surface area contributed by atoms with Crippen molar-refractivity contribution in [3.8, 4) is 5.95 Å². The lowest BCUT2D eigenvalue weighted by atomic mass is 10.4. The summed E-state index contributed by atoms with van der Waals surface area (Å²) in [5.74, 6) is 0.468. The second-order valence-corrected chi connectivity index (χ2v) is 3.12. The van der Waals surface area contributed by atoms with E-state index in [1.807, 2.05) is 19.9 Å². The molecule has 0 atom stereocenters. The lowest BCUT2D eigenvalue weighted by molar-refractivity contribution is 0.778. The molecule has 0 spiro atoms. The summed E-state index contributed by atoms with van der Waals surface area (Å²) >= 11 is 5.60. The fourth-order valence-electron chi connectivity index (χ4n) is 1.16. The van der Waals surface area contributed by atoms with E-state index in [9.17, 15) is 0 Å². The normalized spacial score (nSPS) is 10.7. The number of aromatic amines is 1. The minimum Gasteiger partial charge on any atom is -0.248 e. The van der Waals surface area contributed by atoms with Crippen LogP contribution >= 0.6 is 11.6 Å². The SMILES string of the molecule is Cc1cc(C)n(-c2n[nH]c(Cl)n2)n1. The van der Waals surface area contributed by atoms with E-state index in [2.05, 4.69) is 20.3 Å². The van der Waals surface area contributed by atoms with Crippen molar-refractivity contribution < 1.29 is 0 Å². The molecule has 0 amide bonds. The van der Waals surface area contributed by atoms with Crippen LogP contribution in [-0.2, 0) is 0 Å². The van der Waals surface area contributed by atoms with Gasteiger partial charge in [-0.15, -0.1) is 5.10 Å². The summed E-state index contributed by atoms with van der Waals surface area (Å²) in [6.07, 6.45) is 0. The maximum absolute atomic E-state index is 5.60. The molecular weight excluding hydrogens is 190 g/mol. The molecule has 0 saturated heterocycles. The Kier molecular flexibility index (Phi) is 1.81. The van der Waals surface area contributed by atoms with Crippen molar-refractivity contribution in [3.05, 3.63) is 22.7 Å². The molecule has 2 aromatic rings. The van der Waals surface area contributed by atoms with Gasteiger partial charge < -0.3 is 0 Å². The molecule has 0 unspecified atom stereocenters. The third kappa shape index (κ3) is 1.42. The van der Waals surface area contributed by atoms with Crippen molar-refractivity contribution in [1.29, 1.82) is 0 Å². The van der Waals surface area contributed by atoms with Crippen molar-refractivity contribution in [3.63, 3.8) is 0 Å². The molecule has 0 bridgehead atoms. The molecule has 2 aromatic heterocycles. The van der Waals surface area contributed by atoms with E-state index in [0.717, 1.165) is 11.4 Å². The van der Waals surface area contributed by atoms with Gasteiger partial charge in [-0.3, -0.25) is 0 Å². The van der Waals surface area contributed by atoms with E-state index in [4.69, 9.17) is 11.6 Å². The molecule has 0 saturated carbocycles. The lowest BCUT2D eigenvalue weighted by Crippen LogP contribution is -2.01. The largest absolute Gasteiger partial charge is 0.270 e. The summed E-state index contributed by atoms with van der Waals surface area (Å²) in [5.41, 5.74) is 1.91. The van der Waals surface area contributed by atoms with Gasteiger partial charge >= 0.3 is 0 Å². The van der Waals surface area contributed by atoms with Crippen LogP contribution in [0.4, 0.5) is 0 Å². The molecular formula is C7H8ClN5. The Morgan fingerprint density at radius 2 is 2.23 bits per heavy atom. The first kappa shape index (κ1) is 8.25. The molecule has 0 radical (unpaired) electrons. The van der Waals surface area contributed by atoms with E-state index >= 15 is 0 Å². The number of rotatable bonds is 1. The summed E-state index contributed by atoms with van der Waals surface area (Å²) in [5, 5.41) is 10.9.